The number of fused-ring (bicyclic) bond motifs is 5. The molecule has 5 aliphatic rings. The van der Waals surface area contributed by atoms with Crippen molar-refractivity contribution in [2.24, 2.45) is 11.8 Å². The average Bonchev–Trinajstić information content (AvgIpc) is 3.23. The van der Waals surface area contributed by atoms with Crippen molar-refractivity contribution in [2.45, 2.75) is 62.4 Å². The molecule has 5 fully saturated rings. The molecule has 0 amide bonds. The van der Waals surface area contributed by atoms with Gasteiger partial charge >= 0.3 is 0 Å². The zero-order chi connectivity index (χ0) is 21.8. The molecule has 2 aromatic carbocycles. The van der Waals surface area contributed by atoms with Gasteiger partial charge in [0.05, 0.1) is 6.17 Å². The van der Waals surface area contributed by atoms with E-state index in [2.05, 4.69) is 81.5 Å². The highest BCUT2D eigenvalue weighted by molar-refractivity contribution is 5.83. The van der Waals surface area contributed by atoms with Crippen molar-refractivity contribution in [1.29, 1.82) is 0 Å². The van der Waals surface area contributed by atoms with Crippen molar-refractivity contribution in [3.63, 3.8) is 0 Å². The fourth-order valence-electron chi connectivity index (χ4n) is 8.09. The first-order valence-electron chi connectivity index (χ1n) is 13.2. The van der Waals surface area contributed by atoms with Crippen LogP contribution in [0.3, 0.4) is 0 Å². The Labute approximate surface area is 197 Å². The largest absolute Gasteiger partial charge is 0.311 e. The molecule has 7 unspecified atom stereocenters. The van der Waals surface area contributed by atoms with Crippen LogP contribution < -0.4 is 16.0 Å². The highest BCUT2D eigenvalue weighted by atomic mass is 15.4. The lowest BCUT2D eigenvalue weighted by Crippen LogP contribution is -2.67. The van der Waals surface area contributed by atoms with E-state index in [1.54, 1.807) is 5.57 Å². The zero-order valence-electron chi connectivity index (χ0n) is 19.4. The van der Waals surface area contributed by atoms with Crippen LogP contribution in [0.15, 0.2) is 66.2 Å². The fraction of sp³-hybridized carbons (Fsp3) is 0.517. The summed E-state index contributed by atoms with van der Waals surface area (Å²) in [4.78, 5) is 2.97. The van der Waals surface area contributed by atoms with Crippen molar-refractivity contribution in [3.05, 3.63) is 77.4 Å². The maximum absolute atomic E-state index is 4.04. The van der Waals surface area contributed by atoms with Crippen LogP contribution in [-0.4, -0.2) is 54.9 Å². The van der Waals surface area contributed by atoms with Crippen LogP contribution >= 0.6 is 0 Å². The molecule has 0 spiro atoms. The van der Waals surface area contributed by atoms with E-state index >= 15 is 0 Å². The topological polar surface area (TPSA) is 39.3 Å². The summed E-state index contributed by atoms with van der Waals surface area (Å²) in [6, 6.07) is 24.9. The predicted octanol–water partition coefficient (Wildman–Crippen LogP) is 3.61. The van der Waals surface area contributed by atoms with Gasteiger partial charge in [0.15, 0.2) is 0 Å². The molecule has 2 aromatic rings. The van der Waals surface area contributed by atoms with E-state index in [0.29, 0.717) is 42.2 Å². The second-order valence-corrected chi connectivity index (χ2v) is 10.7. The molecule has 7 rings (SSSR count). The van der Waals surface area contributed by atoms with Gasteiger partial charge in [-0.3, -0.25) is 4.90 Å². The number of nitrogens with zero attached hydrogens (tertiary/aromatic N) is 1. The van der Waals surface area contributed by atoms with E-state index in [-0.39, 0.29) is 0 Å². The van der Waals surface area contributed by atoms with Crippen LogP contribution in [0, 0.1) is 11.8 Å². The van der Waals surface area contributed by atoms with Crippen LogP contribution in [0.4, 0.5) is 0 Å². The molecule has 4 nitrogen and oxygen atoms in total. The molecule has 0 saturated carbocycles. The minimum atomic E-state index is 0.467. The van der Waals surface area contributed by atoms with E-state index in [4.69, 9.17) is 0 Å². The van der Waals surface area contributed by atoms with Crippen molar-refractivity contribution < 1.29 is 0 Å². The van der Waals surface area contributed by atoms with E-state index in [1.807, 2.05) is 0 Å². The standard InChI is InChI=1S/C29H36N4/c1-3-9-19(10-4-1)24(20-11-5-2-6-12-20)25-21-15-18-31-27-26-23(14-8-16-30-26)33(28(21)27)29-22(25)13-7-17-32-29/h1-6,9-12,21-23,26-32H,7-8,13-18H2. The third-order valence-corrected chi connectivity index (χ3v) is 9.16. The van der Waals surface area contributed by atoms with Crippen molar-refractivity contribution in [1.82, 2.24) is 20.9 Å². The molecule has 33 heavy (non-hydrogen) atoms. The third-order valence-electron chi connectivity index (χ3n) is 9.16. The Kier molecular flexibility index (Phi) is 5.16. The molecule has 0 aromatic heterocycles. The third kappa shape index (κ3) is 3.19. The predicted molar refractivity (Wildman–Crippen MR) is 134 cm³/mol. The normalized spacial score (nSPS) is 37.7. The SMILES string of the molecule is c1ccc(C(=C2C3CCCNC3N3C4CCCNC4C4NCCC2C43)c2ccccc2)cc1. The van der Waals surface area contributed by atoms with Gasteiger partial charge < -0.3 is 16.0 Å². The molecule has 7 atom stereocenters. The van der Waals surface area contributed by atoms with Crippen molar-refractivity contribution in [3.8, 4) is 0 Å². The Bertz CT molecular complexity index is 977. The molecule has 5 saturated heterocycles. The Morgan fingerprint density at radius 3 is 2.09 bits per heavy atom. The molecule has 0 aliphatic carbocycles. The molecule has 5 aliphatic heterocycles. The lowest BCUT2D eigenvalue weighted by Gasteiger charge is -2.55. The Morgan fingerprint density at radius 1 is 0.667 bits per heavy atom. The van der Waals surface area contributed by atoms with Crippen LogP contribution in [0.1, 0.15) is 43.2 Å². The maximum atomic E-state index is 4.04. The first-order valence-corrected chi connectivity index (χ1v) is 13.2. The summed E-state index contributed by atoms with van der Waals surface area (Å²) >= 11 is 0. The van der Waals surface area contributed by atoms with E-state index in [1.165, 1.54) is 55.3 Å². The average molecular weight is 441 g/mol. The molecule has 3 N–H and O–H groups in total. The number of hydrogen-bond donors (Lipinski definition) is 3. The lowest BCUT2D eigenvalue weighted by molar-refractivity contribution is -0.0140. The molecule has 172 valence electrons. The monoisotopic (exact) mass is 440 g/mol. The first kappa shape index (κ1) is 20.4. The highest BCUT2D eigenvalue weighted by Crippen LogP contribution is 2.52. The molecular weight excluding hydrogens is 404 g/mol. The van der Waals surface area contributed by atoms with E-state index in [0.717, 1.165) is 13.1 Å². The lowest BCUT2D eigenvalue weighted by atomic mass is 9.67. The number of rotatable bonds is 2. The van der Waals surface area contributed by atoms with Gasteiger partial charge in [0.25, 0.3) is 0 Å². The molecular formula is C29H36N4. The Hall–Kier alpha value is -1.98. The van der Waals surface area contributed by atoms with Crippen molar-refractivity contribution in [2.75, 3.05) is 19.6 Å². The minimum absolute atomic E-state index is 0.467. The number of hydrogen-bond acceptors (Lipinski definition) is 4. The smallest absolute Gasteiger partial charge is 0.0671 e. The highest BCUT2D eigenvalue weighted by Gasteiger charge is 2.60. The summed E-state index contributed by atoms with van der Waals surface area (Å²) in [7, 11) is 0. The van der Waals surface area contributed by atoms with Gasteiger partial charge in [-0.1, -0.05) is 66.2 Å². The number of nitrogens with one attached hydrogen (secondary N) is 3. The van der Waals surface area contributed by atoms with E-state index in [9.17, 15) is 0 Å². The molecule has 0 radical (unpaired) electrons. The second-order valence-electron chi connectivity index (χ2n) is 10.7. The summed E-state index contributed by atoms with van der Waals surface area (Å²) in [5.41, 5.74) is 6.04. The number of piperidine rings is 4. The summed E-state index contributed by atoms with van der Waals surface area (Å²) in [6.45, 7) is 3.46. The zero-order valence-corrected chi connectivity index (χ0v) is 19.4. The minimum Gasteiger partial charge on any atom is -0.311 e. The van der Waals surface area contributed by atoms with Crippen LogP contribution in [0.25, 0.3) is 5.57 Å². The van der Waals surface area contributed by atoms with Gasteiger partial charge in [-0.25, -0.2) is 0 Å². The first-order chi connectivity index (χ1) is 16.4. The maximum Gasteiger partial charge on any atom is 0.0671 e. The van der Waals surface area contributed by atoms with E-state index < -0.39 is 0 Å². The number of benzene rings is 2. The Morgan fingerprint density at radius 2 is 1.33 bits per heavy atom. The van der Waals surface area contributed by atoms with Crippen LogP contribution in [0.5, 0.6) is 0 Å². The summed E-state index contributed by atoms with van der Waals surface area (Å²) in [5.74, 6) is 1.22. The Balaban J connectivity index is 1.45. The van der Waals surface area contributed by atoms with Gasteiger partial charge in [-0.2, -0.15) is 0 Å². The van der Waals surface area contributed by atoms with Gasteiger partial charge in [0, 0.05) is 30.1 Å². The molecule has 5 heterocycles. The van der Waals surface area contributed by atoms with Gasteiger partial charge in [0.1, 0.15) is 0 Å². The van der Waals surface area contributed by atoms with Crippen molar-refractivity contribution >= 4 is 5.57 Å². The fourth-order valence-corrected chi connectivity index (χ4v) is 8.09. The quantitative estimate of drug-likeness (QED) is 0.667. The van der Waals surface area contributed by atoms with Gasteiger partial charge in [0.2, 0.25) is 0 Å². The molecule has 4 heteroatoms. The molecule has 0 bridgehead atoms. The van der Waals surface area contributed by atoms with Gasteiger partial charge in [-0.15, -0.1) is 0 Å². The van der Waals surface area contributed by atoms with Gasteiger partial charge in [-0.05, 0) is 74.4 Å². The van der Waals surface area contributed by atoms with Crippen LogP contribution in [0.2, 0.25) is 0 Å². The van der Waals surface area contributed by atoms with Crippen LogP contribution in [-0.2, 0) is 0 Å². The summed E-state index contributed by atoms with van der Waals surface area (Å²) < 4.78 is 0. The summed E-state index contributed by atoms with van der Waals surface area (Å²) in [6.07, 6.45) is 6.95. The second kappa shape index (κ2) is 8.35. The summed E-state index contributed by atoms with van der Waals surface area (Å²) in [5, 5.41) is 12.0.